The minimum absolute atomic E-state index is 0.0411. The number of anilines is 1. The van der Waals surface area contributed by atoms with E-state index in [-0.39, 0.29) is 24.0 Å². The van der Waals surface area contributed by atoms with E-state index in [4.69, 9.17) is 4.74 Å². The quantitative estimate of drug-likeness (QED) is 0.576. The van der Waals surface area contributed by atoms with Crippen molar-refractivity contribution in [2.24, 2.45) is 0 Å². The first kappa shape index (κ1) is 22.3. The second-order valence-corrected chi connectivity index (χ2v) is 7.55. The molecule has 0 aliphatic heterocycles. The van der Waals surface area contributed by atoms with Crippen LogP contribution in [-0.4, -0.2) is 35.8 Å². The van der Waals surface area contributed by atoms with Gasteiger partial charge in [0.05, 0.1) is 11.5 Å². The third-order valence-corrected chi connectivity index (χ3v) is 4.78. The Hall–Kier alpha value is -3.00. The third kappa shape index (κ3) is 8.27. The fourth-order valence-corrected chi connectivity index (χ4v) is 2.91. The van der Waals surface area contributed by atoms with Crippen molar-refractivity contribution in [1.29, 1.82) is 0 Å². The third-order valence-electron chi connectivity index (χ3n) is 3.85. The van der Waals surface area contributed by atoms with Crippen LogP contribution >= 0.6 is 11.8 Å². The lowest BCUT2D eigenvalue weighted by molar-refractivity contribution is -0.128. The number of carbonyl (C=O) groups excluding carboxylic acids is 3. The van der Waals surface area contributed by atoms with Crippen LogP contribution in [-0.2, 0) is 14.4 Å². The molecule has 3 amide bonds. The van der Waals surface area contributed by atoms with E-state index in [0.717, 1.165) is 28.5 Å². The van der Waals surface area contributed by atoms with Crippen LogP contribution in [0.4, 0.5) is 5.69 Å². The molecule has 7 nitrogen and oxygen atoms in total. The predicted octanol–water partition coefficient (Wildman–Crippen LogP) is 2.51. The maximum Gasteiger partial charge on any atom is 0.276 e. The number of aryl methyl sites for hydroxylation is 3. The van der Waals surface area contributed by atoms with Gasteiger partial charge in [-0.15, -0.1) is 11.8 Å². The summed E-state index contributed by atoms with van der Waals surface area (Å²) < 4.78 is 5.47. The Balaban J connectivity index is 1.61. The molecule has 0 radical (unpaired) electrons. The molecule has 0 saturated carbocycles. The summed E-state index contributed by atoms with van der Waals surface area (Å²) in [7, 11) is 0. The topological polar surface area (TPSA) is 96.5 Å². The average molecular weight is 416 g/mol. The lowest BCUT2D eigenvalue weighted by Gasteiger charge is -2.11. The van der Waals surface area contributed by atoms with Gasteiger partial charge in [-0.2, -0.15) is 0 Å². The fraction of sp³-hybridized carbons (Fsp3) is 0.286. The van der Waals surface area contributed by atoms with E-state index < -0.39 is 11.8 Å². The molecule has 0 spiro atoms. The Morgan fingerprint density at radius 3 is 2.17 bits per heavy atom. The Labute approximate surface area is 174 Å². The van der Waals surface area contributed by atoms with E-state index in [1.54, 1.807) is 0 Å². The summed E-state index contributed by atoms with van der Waals surface area (Å²) >= 11 is 1.15. The Kier molecular flexibility index (Phi) is 8.54. The molecule has 154 valence electrons. The highest BCUT2D eigenvalue weighted by Gasteiger charge is 2.09. The Morgan fingerprint density at radius 1 is 0.828 bits per heavy atom. The predicted molar refractivity (Wildman–Crippen MR) is 115 cm³/mol. The number of amides is 3. The van der Waals surface area contributed by atoms with Gasteiger partial charge in [-0.05, 0) is 50.1 Å². The van der Waals surface area contributed by atoms with Crippen LogP contribution in [0.15, 0.2) is 42.5 Å². The molecule has 0 atom stereocenters. The van der Waals surface area contributed by atoms with Gasteiger partial charge in [0.2, 0.25) is 11.8 Å². The second-order valence-electron chi connectivity index (χ2n) is 6.56. The minimum Gasteiger partial charge on any atom is -0.483 e. The molecular weight excluding hydrogens is 390 g/mol. The maximum absolute atomic E-state index is 11.9. The molecule has 0 aromatic heterocycles. The van der Waals surface area contributed by atoms with Crippen LogP contribution in [0.3, 0.4) is 0 Å². The van der Waals surface area contributed by atoms with E-state index in [9.17, 15) is 14.4 Å². The largest absolute Gasteiger partial charge is 0.483 e. The smallest absolute Gasteiger partial charge is 0.276 e. The standard InChI is InChI=1S/C21H25N3O4S/c1-14-5-8-17(9-6-14)22-20(26)12-29-13-21(27)24-23-19(25)11-28-18-10-15(2)4-7-16(18)3/h4-10H,11-13H2,1-3H3,(H,22,26)(H,23,25)(H,24,27). The zero-order chi connectivity index (χ0) is 21.2. The highest BCUT2D eigenvalue weighted by Crippen LogP contribution is 2.18. The number of nitrogens with one attached hydrogen (secondary N) is 3. The first-order valence-corrected chi connectivity index (χ1v) is 10.2. The zero-order valence-electron chi connectivity index (χ0n) is 16.7. The van der Waals surface area contributed by atoms with Gasteiger partial charge < -0.3 is 10.1 Å². The highest BCUT2D eigenvalue weighted by atomic mass is 32.2. The highest BCUT2D eigenvalue weighted by molar-refractivity contribution is 8.00. The number of thioether (sulfide) groups is 1. The van der Waals surface area contributed by atoms with Crippen molar-refractivity contribution in [2.45, 2.75) is 20.8 Å². The van der Waals surface area contributed by atoms with Gasteiger partial charge in [-0.1, -0.05) is 29.8 Å². The van der Waals surface area contributed by atoms with Crippen LogP contribution < -0.4 is 20.9 Å². The van der Waals surface area contributed by atoms with Crippen molar-refractivity contribution in [3.05, 3.63) is 59.2 Å². The molecule has 0 heterocycles. The molecule has 0 bridgehead atoms. The zero-order valence-corrected chi connectivity index (χ0v) is 17.5. The SMILES string of the molecule is Cc1ccc(NC(=O)CSCC(=O)NNC(=O)COc2cc(C)ccc2C)cc1. The molecule has 0 saturated heterocycles. The van der Waals surface area contributed by atoms with E-state index in [1.807, 2.05) is 63.2 Å². The van der Waals surface area contributed by atoms with Gasteiger partial charge in [-0.3, -0.25) is 25.2 Å². The van der Waals surface area contributed by atoms with Crippen molar-refractivity contribution in [3.63, 3.8) is 0 Å². The van der Waals surface area contributed by atoms with Crippen molar-refractivity contribution < 1.29 is 19.1 Å². The number of rotatable bonds is 8. The summed E-state index contributed by atoms with van der Waals surface area (Å²) in [6.45, 7) is 5.58. The van der Waals surface area contributed by atoms with Gasteiger partial charge in [0, 0.05) is 5.69 Å². The molecule has 29 heavy (non-hydrogen) atoms. The van der Waals surface area contributed by atoms with Crippen molar-refractivity contribution >= 4 is 35.2 Å². The number of hydrazine groups is 1. The van der Waals surface area contributed by atoms with Gasteiger partial charge in [0.25, 0.3) is 5.91 Å². The molecule has 3 N–H and O–H groups in total. The van der Waals surface area contributed by atoms with Crippen LogP contribution in [0.1, 0.15) is 16.7 Å². The van der Waals surface area contributed by atoms with Gasteiger partial charge in [-0.25, -0.2) is 0 Å². The fourth-order valence-electron chi connectivity index (χ4n) is 2.29. The molecule has 2 aromatic carbocycles. The normalized spacial score (nSPS) is 10.2. The summed E-state index contributed by atoms with van der Waals surface area (Å²) in [5.74, 6) is -0.274. The molecule has 0 fully saturated rings. The second kappa shape index (κ2) is 11.1. The number of hydrogen-bond donors (Lipinski definition) is 3. The average Bonchev–Trinajstić information content (AvgIpc) is 2.69. The number of ether oxygens (including phenoxy) is 1. The van der Waals surface area contributed by atoms with Crippen molar-refractivity contribution in [1.82, 2.24) is 10.9 Å². The Morgan fingerprint density at radius 2 is 1.45 bits per heavy atom. The summed E-state index contributed by atoms with van der Waals surface area (Å²) in [6.07, 6.45) is 0. The van der Waals surface area contributed by atoms with Gasteiger partial charge in [0.15, 0.2) is 6.61 Å². The lowest BCUT2D eigenvalue weighted by Crippen LogP contribution is -2.44. The van der Waals surface area contributed by atoms with Gasteiger partial charge >= 0.3 is 0 Å². The van der Waals surface area contributed by atoms with Crippen LogP contribution in [0.5, 0.6) is 5.75 Å². The van der Waals surface area contributed by atoms with E-state index in [1.165, 1.54) is 0 Å². The monoisotopic (exact) mass is 415 g/mol. The molecule has 2 rings (SSSR count). The summed E-state index contributed by atoms with van der Waals surface area (Å²) in [6, 6.07) is 13.2. The molecule has 8 heteroatoms. The number of benzene rings is 2. The van der Waals surface area contributed by atoms with Crippen LogP contribution in [0.2, 0.25) is 0 Å². The summed E-state index contributed by atoms with van der Waals surface area (Å²) in [5.41, 5.74) is 8.37. The minimum atomic E-state index is -0.471. The lowest BCUT2D eigenvalue weighted by atomic mass is 10.1. The van der Waals surface area contributed by atoms with E-state index >= 15 is 0 Å². The molecule has 0 aliphatic carbocycles. The maximum atomic E-state index is 11.9. The molecule has 0 aliphatic rings. The van der Waals surface area contributed by atoms with E-state index in [0.29, 0.717) is 11.4 Å². The van der Waals surface area contributed by atoms with Crippen molar-refractivity contribution in [2.75, 3.05) is 23.4 Å². The first-order chi connectivity index (χ1) is 13.8. The van der Waals surface area contributed by atoms with Crippen molar-refractivity contribution in [3.8, 4) is 5.75 Å². The van der Waals surface area contributed by atoms with Gasteiger partial charge in [0.1, 0.15) is 5.75 Å². The first-order valence-electron chi connectivity index (χ1n) is 9.05. The van der Waals surface area contributed by atoms with Crippen LogP contribution in [0, 0.1) is 20.8 Å². The van der Waals surface area contributed by atoms with Crippen LogP contribution in [0.25, 0.3) is 0 Å². The summed E-state index contributed by atoms with van der Waals surface area (Å²) in [4.78, 5) is 35.4. The summed E-state index contributed by atoms with van der Waals surface area (Å²) in [5, 5.41) is 2.76. The number of carbonyl (C=O) groups is 3. The molecule has 0 unspecified atom stereocenters. The number of hydrogen-bond acceptors (Lipinski definition) is 5. The molecule has 2 aromatic rings. The molecular formula is C21H25N3O4S. The van der Waals surface area contributed by atoms with E-state index in [2.05, 4.69) is 16.2 Å². The Bertz CT molecular complexity index is 869.